The van der Waals surface area contributed by atoms with Crippen molar-refractivity contribution in [2.45, 2.75) is 22.7 Å². The van der Waals surface area contributed by atoms with E-state index in [9.17, 15) is 4.79 Å². The van der Waals surface area contributed by atoms with Crippen LogP contribution in [0.1, 0.15) is 21.5 Å². The first-order valence-electron chi connectivity index (χ1n) is 7.58. The fraction of sp³-hybridized carbons (Fsp3) is 0.235. The van der Waals surface area contributed by atoms with E-state index >= 15 is 0 Å². The molecule has 0 bridgehead atoms. The lowest BCUT2D eigenvalue weighted by Crippen LogP contribution is -2.12. The molecule has 2 heterocycles. The van der Waals surface area contributed by atoms with Gasteiger partial charge in [0.15, 0.2) is 0 Å². The number of hydrogen-bond acceptors (Lipinski definition) is 6. The maximum Gasteiger partial charge on any atom is 0.260 e. The average molecular weight is 391 g/mol. The summed E-state index contributed by atoms with van der Waals surface area (Å²) in [6.45, 7) is 2.76. The first-order valence-corrected chi connectivity index (χ1v) is 10.8. The lowest BCUT2D eigenvalue weighted by atomic mass is 10.1. The molecule has 0 aliphatic rings. The van der Waals surface area contributed by atoms with E-state index in [0.29, 0.717) is 17.8 Å². The molecule has 1 N–H and O–H groups in total. The fourth-order valence-electron chi connectivity index (χ4n) is 2.40. The molecule has 0 aliphatic carbocycles. The van der Waals surface area contributed by atoms with E-state index in [1.807, 2.05) is 35.5 Å². The van der Waals surface area contributed by atoms with Crippen molar-refractivity contribution in [1.29, 1.82) is 0 Å². The molecule has 3 aromatic rings. The second-order valence-electron chi connectivity index (χ2n) is 5.37. The van der Waals surface area contributed by atoms with Gasteiger partial charge in [-0.15, -0.1) is 23.5 Å². The zero-order valence-corrected chi connectivity index (χ0v) is 16.6. The summed E-state index contributed by atoms with van der Waals surface area (Å²) in [5.41, 5.74) is 3.77. The Morgan fingerprint density at radius 1 is 1.28 bits per heavy atom. The summed E-state index contributed by atoms with van der Waals surface area (Å²) in [5, 5.41) is 8.05. The molecule has 1 amide bonds. The number of nitrogens with zero attached hydrogens (tertiary/aromatic N) is 3. The van der Waals surface area contributed by atoms with Gasteiger partial charge in [-0.25, -0.2) is 0 Å². The van der Waals surface area contributed by atoms with Gasteiger partial charge in [-0.05, 0) is 42.1 Å². The Labute approximate surface area is 159 Å². The average Bonchev–Trinajstić information content (AvgIpc) is 3.23. The molecule has 0 saturated heterocycles. The SMILES string of the molecule is CSc1nsc(SC)c1C(=O)Nc1cnn(Cc2ccccc2C)c1. The van der Waals surface area contributed by atoms with Gasteiger partial charge in [0.25, 0.3) is 5.91 Å². The van der Waals surface area contributed by atoms with Gasteiger partial charge in [0.2, 0.25) is 0 Å². The van der Waals surface area contributed by atoms with Gasteiger partial charge in [0, 0.05) is 6.20 Å². The van der Waals surface area contributed by atoms with Crippen LogP contribution in [0.15, 0.2) is 45.9 Å². The summed E-state index contributed by atoms with van der Waals surface area (Å²) in [6, 6.07) is 8.21. The maximum absolute atomic E-state index is 12.6. The van der Waals surface area contributed by atoms with Crippen LogP contribution in [0, 0.1) is 6.92 Å². The molecule has 1 aromatic carbocycles. The summed E-state index contributed by atoms with van der Waals surface area (Å²) < 4.78 is 7.09. The number of rotatable bonds is 6. The zero-order chi connectivity index (χ0) is 17.8. The quantitative estimate of drug-likeness (QED) is 0.633. The van der Waals surface area contributed by atoms with E-state index in [-0.39, 0.29) is 5.91 Å². The largest absolute Gasteiger partial charge is 0.319 e. The summed E-state index contributed by atoms with van der Waals surface area (Å²) in [5.74, 6) is -0.141. The van der Waals surface area contributed by atoms with Crippen molar-refractivity contribution in [2.75, 3.05) is 17.8 Å². The van der Waals surface area contributed by atoms with Crippen LogP contribution in [0.25, 0.3) is 0 Å². The minimum atomic E-state index is -0.141. The van der Waals surface area contributed by atoms with E-state index < -0.39 is 0 Å². The first kappa shape index (κ1) is 18.0. The molecule has 5 nitrogen and oxygen atoms in total. The number of anilines is 1. The topological polar surface area (TPSA) is 59.8 Å². The lowest BCUT2D eigenvalue weighted by molar-refractivity contribution is 0.102. The molecule has 8 heteroatoms. The highest BCUT2D eigenvalue weighted by atomic mass is 32.2. The predicted molar refractivity (Wildman–Crippen MR) is 106 cm³/mol. The van der Waals surface area contributed by atoms with E-state index in [4.69, 9.17) is 0 Å². The molecular weight excluding hydrogens is 372 g/mol. The molecule has 25 heavy (non-hydrogen) atoms. The van der Waals surface area contributed by atoms with E-state index in [1.165, 1.54) is 34.4 Å². The van der Waals surface area contributed by atoms with E-state index in [2.05, 4.69) is 33.8 Å². The number of nitrogens with one attached hydrogen (secondary N) is 1. The van der Waals surface area contributed by atoms with Gasteiger partial charge in [-0.2, -0.15) is 9.47 Å². The normalized spacial score (nSPS) is 10.8. The minimum absolute atomic E-state index is 0.141. The Morgan fingerprint density at radius 3 is 2.80 bits per heavy atom. The zero-order valence-electron chi connectivity index (χ0n) is 14.1. The van der Waals surface area contributed by atoms with Crippen LogP contribution in [0.5, 0.6) is 0 Å². The molecule has 0 fully saturated rings. The molecule has 0 spiro atoms. The van der Waals surface area contributed by atoms with Crippen LogP contribution in [-0.4, -0.2) is 32.6 Å². The Bertz CT molecular complexity index is 866. The Hall–Kier alpha value is -1.77. The Balaban J connectivity index is 1.74. The van der Waals surface area contributed by atoms with Gasteiger partial charge >= 0.3 is 0 Å². The number of carbonyl (C=O) groups is 1. The summed E-state index contributed by atoms with van der Waals surface area (Å²) in [7, 11) is 0. The highest BCUT2D eigenvalue weighted by Crippen LogP contribution is 2.33. The van der Waals surface area contributed by atoms with Gasteiger partial charge in [-0.3, -0.25) is 9.48 Å². The Morgan fingerprint density at radius 2 is 2.08 bits per heavy atom. The van der Waals surface area contributed by atoms with Crippen molar-refractivity contribution in [3.05, 3.63) is 53.3 Å². The fourth-order valence-corrected chi connectivity index (χ4v) is 4.68. The number of aryl methyl sites for hydroxylation is 1. The van der Waals surface area contributed by atoms with Crippen molar-refractivity contribution in [1.82, 2.24) is 14.2 Å². The van der Waals surface area contributed by atoms with Crippen LogP contribution < -0.4 is 5.32 Å². The summed E-state index contributed by atoms with van der Waals surface area (Å²) in [6.07, 6.45) is 7.40. The van der Waals surface area contributed by atoms with Crippen LogP contribution >= 0.6 is 35.1 Å². The van der Waals surface area contributed by atoms with Crippen molar-refractivity contribution in [3.63, 3.8) is 0 Å². The lowest BCUT2D eigenvalue weighted by Gasteiger charge is -2.05. The molecule has 0 aliphatic heterocycles. The predicted octanol–water partition coefficient (Wildman–Crippen LogP) is 4.39. The molecule has 0 atom stereocenters. The van der Waals surface area contributed by atoms with E-state index in [1.54, 1.807) is 18.0 Å². The third kappa shape index (κ3) is 4.08. The van der Waals surface area contributed by atoms with Crippen molar-refractivity contribution < 1.29 is 4.79 Å². The van der Waals surface area contributed by atoms with Gasteiger partial charge < -0.3 is 5.32 Å². The highest BCUT2D eigenvalue weighted by molar-refractivity contribution is 8.01. The second-order valence-corrected chi connectivity index (χ2v) is 8.01. The second kappa shape index (κ2) is 8.07. The van der Waals surface area contributed by atoms with Crippen LogP contribution in [0.3, 0.4) is 0 Å². The van der Waals surface area contributed by atoms with Gasteiger partial charge in [0.05, 0.1) is 28.2 Å². The molecule has 3 rings (SSSR count). The summed E-state index contributed by atoms with van der Waals surface area (Å²) in [4.78, 5) is 12.6. The molecule has 2 aromatic heterocycles. The summed E-state index contributed by atoms with van der Waals surface area (Å²) >= 11 is 4.38. The van der Waals surface area contributed by atoms with Crippen molar-refractivity contribution in [3.8, 4) is 0 Å². The van der Waals surface area contributed by atoms with Crippen LogP contribution in [-0.2, 0) is 6.54 Å². The first-order chi connectivity index (χ1) is 12.1. The molecule has 0 saturated carbocycles. The maximum atomic E-state index is 12.6. The number of benzene rings is 1. The minimum Gasteiger partial charge on any atom is -0.319 e. The molecule has 0 radical (unpaired) electrons. The van der Waals surface area contributed by atoms with Crippen LogP contribution in [0.4, 0.5) is 5.69 Å². The standard InChI is InChI=1S/C17H18N4OS3/c1-11-6-4-5-7-12(11)9-21-10-13(8-18-21)19-15(22)14-16(23-2)20-25-17(14)24-3/h4-8,10H,9H2,1-3H3,(H,19,22). The number of amides is 1. The third-order valence-electron chi connectivity index (χ3n) is 3.72. The number of thioether (sulfide) groups is 2. The van der Waals surface area contributed by atoms with Gasteiger partial charge in [-0.1, -0.05) is 24.3 Å². The third-order valence-corrected chi connectivity index (χ3v) is 6.46. The highest BCUT2D eigenvalue weighted by Gasteiger charge is 2.20. The van der Waals surface area contributed by atoms with Crippen molar-refractivity contribution >= 4 is 46.7 Å². The smallest absolute Gasteiger partial charge is 0.260 e. The number of hydrogen-bond donors (Lipinski definition) is 1. The molecule has 0 unspecified atom stereocenters. The van der Waals surface area contributed by atoms with Crippen molar-refractivity contribution in [2.24, 2.45) is 0 Å². The monoisotopic (exact) mass is 390 g/mol. The number of aromatic nitrogens is 3. The van der Waals surface area contributed by atoms with E-state index in [0.717, 1.165) is 9.24 Å². The Kier molecular flexibility index (Phi) is 5.82. The molecular formula is C17H18N4OS3. The van der Waals surface area contributed by atoms with Crippen LogP contribution in [0.2, 0.25) is 0 Å². The van der Waals surface area contributed by atoms with Gasteiger partial charge in [0.1, 0.15) is 5.03 Å². The molecule has 130 valence electrons. The number of carbonyl (C=O) groups excluding carboxylic acids is 1.